The molecule has 5 nitrogen and oxygen atoms in total. The van der Waals surface area contributed by atoms with Gasteiger partial charge in [-0.25, -0.2) is 4.79 Å². The highest BCUT2D eigenvalue weighted by Crippen LogP contribution is 2.32. The summed E-state index contributed by atoms with van der Waals surface area (Å²) in [5.41, 5.74) is 4.20. The second-order valence-electron chi connectivity index (χ2n) is 8.17. The molecule has 1 fully saturated rings. The quantitative estimate of drug-likeness (QED) is 0.804. The number of fused-ring (bicyclic) bond motifs is 3. The normalized spacial score (nSPS) is 20.3. The molecule has 5 heteroatoms. The summed E-state index contributed by atoms with van der Waals surface area (Å²) < 4.78 is 5.26. The average Bonchev–Trinajstić information content (AvgIpc) is 3.04. The van der Waals surface area contributed by atoms with Gasteiger partial charge in [0.05, 0.1) is 5.56 Å². The molecule has 0 spiro atoms. The SMILES string of the molecule is C[C@@H]1CCc2[nH]c3ccc(C(=O)OCC(=O)NC4CCCCC4)cc3c2C1. The van der Waals surface area contributed by atoms with Crippen LogP contribution in [0, 0.1) is 5.92 Å². The van der Waals surface area contributed by atoms with E-state index in [0.717, 1.165) is 49.4 Å². The highest BCUT2D eigenvalue weighted by molar-refractivity contribution is 5.97. The van der Waals surface area contributed by atoms with Crippen LogP contribution in [0.5, 0.6) is 0 Å². The number of rotatable bonds is 4. The van der Waals surface area contributed by atoms with Crippen molar-refractivity contribution < 1.29 is 14.3 Å². The van der Waals surface area contributed by atoms with E-state index in [9.17, 15) is 9.59 Å². The number of aryl methyl sites for hydroxylation is 1. The number of hydrogen-bond donors (Lipinski definition) is 2. The molecule has 1 aromatic heterocycles. The third-order valence-corrected chi connectivity index (χ3v) is 5.97. The molecule has 1 atom stereocenters. The Morgan fingerprint density at radius 2 is 2.00 bits per heavy atom. The number of ether oxygens (including phenoxy) is 1. The van der Waals surface area contributed by atoms with Crippen LogP contribution in [0.1, 0.15) is 67.1 Å². The standard InChI is InChI=1S/C22H28N2O3/c1-14-7-9-19-17(11-14)18-12-15(8-10-20(18)24-19)22(26)27-13-21(25)23-16-5-3-2-4-6-16/h8,10,12,14,16,24H,2-7,9,11,13H2,1H3,(H,23,25)/t14-/m1/s1. The second-order valence-corrected chi connectivity index (χ2v) is 8.17. The predicted molar refractivity (Wildman–Crippen MR) is 105 cm³/mol. The van der Waals surface area contributed by atoms with Gasteiger partial charge in [-0.05, 0) is 61.8 Å². The van der Waals surface area contributed by atoms with Crippen molar-refractivity contribution >= 4 is 22.8 Å². The van der Waals surface area contributed by atoms with Gasteiger partial charge in [0.15, 0.2) is 6.61 Å². The summed E-state index contributed by atoms with van der Waals surface area (Å²) in [6.45, 7) is 2.06. The van der Waals surface area contributed by atoms with Crippen molar-refractivity contribution in [3.8, 4) is 0 Å². The largest absolute Gasteiger partial charge is 0.452 e. The summed E-state index contributed by atoms with van der Waals surface area (Å²) in [6.07, 6.45) is 8.90. The zero-order chi connectivity index (χ0) is 18.8. The zero-order valence-electron chi connectivity index (χ0n) is 16.0. The molecule has 0 aliphatic heterocycles. The lowest BCUT2D eigenvalue weighted by atomic mass is 9.87. The smallest absolute Gasteiger partial charge is 0.338 e. The molecule has 1 aromatic carbocycles. The van der Waals surface area contributed by atoms with Crippen molar-refractivity contribution in [1.29, 1.82) is 0 Å². The Bertz CT molecular complexity index is 849. The van der Waals surface area contributed by atoms with Gasteiger partial charge in [0, 0.05) is 22.6 Å². The number of carbonyl (C=O) groups excluding carboxylic acids is 2. The van der Waals surface area contributed by atoms with Gasteiger partial charge in [-0.3, -0.25) is 4.79 Å². The van der Waals surface area contributed by atoms with Crippen molar-refractivity contribution in [2.75, 3.05) is 6.61 Å². The van der Waals surface area contributed by atoms with Crippen LogP contribution in [-0.4, -0.2) is 29.5 Å². The van der Waals surface area contributed by atoms with Gasteiger partial charge >= 0.3 is 5.97 Å². The Labute approximate surface area is 159 Å². The first-order valence-electron chi connectivity index (χ1n) is 10.2. The lowest BCUT2D eigenvalue weighted by Gasteiger charge is -2.22. The van der Waals surface area contributed by atoms with Crippen molar-refractivity contribution in [3.63, 3.8) is 0 Å². The topological polar surface area (TPSA) is 71.2 Å². The fourth-order valence-electron chi connectivity index (χ4n) is 4.45. The number of H-pyrrole nitrogens is 1. The zero-order valence-corrected chi connectivity index (χ0v) is 16.0. The van der Waals surface area contributed by atoms with Crippen LogP contribution in [0.3, 0.4) is 0 Å². The number of amides is 1. The first-order chi connectivity index (χ1) is 13.1. The van der Waals surface area contributed by atoms with E-state index < -0.39 is 5.97 Å². The number of aromatic nitrogens is 1. The van der Waals surface area contributed by atoms with Crippen LogP contribution < -0.4 is 5.32 Å². The Morgan fingerprint density at radius 3 is 2.81 bits per heavy atom. The van der Waals surface area contributed by atoms with Gasteiger partial charge in [0.2, 0.25) is 0 Å². The highest BCUT2D eigenvalue weighted by atomic mass is 16.5. The molecule has 1 heterocycles. The van der Waals surface area contributed by atoms with E-state index in [4.69, 9.17) is 4.74 Å². The van der Waals surface area contributed by atoms with E-state index >= 15 is 0 Å². The van der Waals surface area contributed by atoms with Gasteiger partial charge in [0.1, 0.15) is 0 Å². The first kappa shape index (κ1) is 18.1. The summed E-state index contributed by atoms with van der Waals surface area (Å²) in [7, 11) is 0. The van der Waals surface area contributed by atoms with Crippen LogP contribution in [0.4, 0.5) is 0 Å². The molecule has 1 amide bonds. The van der Waals surface area contributed by atoms with Crippen LogP contribution in [-0.2, 0) is 22.4 Å². The van der Waals surface area contributed by atoms with Gasteiger partial charge in [-0.1, -0.05) is 26.2 Å². The lowest BCUT2D eigenvalue weighted by Crippen LogP contribution is -2.38. The van der Waals surface area contributed by atoms with Crippen LogP contribution in [0.2, 0.25) is 0 Å². The molecule has 0 bridgehead atoms. The lowest BCUT2D eigenvalue weighted by molar-refractivity contribution is -0.125. The minimum atomic E-state index is -0.436. The molecule has 27 heavy (non-hydrogen) atoms. The molecule has 2 aliphatic rings. The second kappa shape index (κ2) is 7.75. The number of benzene rings is 1. The van der Waals surface area contributed by atoms with E-state index in [1.807, 2.05) is 12.1 Å². The molecular formula is C22H28N2O3. The van der Waals surface area contributed by atoms with E-state index in [2.05, 4.69) is 17.2 Å². The number of carbonyl (C=O) groups is 2. The summed E-state index contributed by atoms with van der Waals surface area (Å²) in [4.78, 5) is 28.0. The Hall–Kier alpha value is -2.30. The molecule has 144 valence electrons. The Balaban J connectivity index is 1.40. The van der Waals surface area contributed by atoms with E-state index in [1.54, 1.807) is 6.07 Å². The minimum absolute atomic E-state index is 0.204. The van der Waals surface area contributed by atoms with Gasteiger partial charge < -0.3 is 15.0 Å². The average molecular weight is 368 g/mol. The molecule has 2 aliphatic carbocycles. The monoisotopic (exact) mass is 368 g/mol. The predicted octanol–water partition coefficient (Wildman–Crippen LogP) is 3.90. The molecule has 0 saturated heterocycles. The van der Waals surface area contributed by atoms with Crippen molar-refractivity contribution in [1.82, 2.24) is 10.3 Å². The Morgan fingerprint density at radius 1 is 1.19 bits per heavy atom. The summed E-state index contributed by atoms with van der Waals surface area (Å²) >= 11 is 0. The molecule has 2 aromatic rings. The highest BCUT2D eigenvalue weighted by Gasteiger charge is 2.21. The van der Waals surface area contributed by atoms with Crippen molar-refractivity contribution in [3.05, 3.63) is 35.0 Å². The van der Waals surface area contributed by atoms with E-state index in [-0.39, 0.29) is 18.6 Å². The summed E-state index contributed by atoms with van der Waals surface area (Å²) in [5.74, 6) is 0.0225. The van der Waals surface area contributed by atoms with Crippen molar-refractivity contribution in [2.24, 2.45) is 5.92 Å². The molecule has 0 unspecified atom stereocenters. The van der Waals surface area contributed by atoms with Crippen LogP contribution in [0.15, 0.2) is 18.2 Å². The molecule has 1 saturated carbocycles. The maximum Gasteiger partial charge on any atom is 0.338 e. The molecule has 2 N–H and O–H groups in total. The molecule has 4 rings (SSSR count). The maximum atomic E-state index is 12.4. The third kappa shape index (κ3) is 4.02. The Kier molecular flexibility index (Phi) is 5.19. The third-order valence-electron chi connectivity index (χ3n) is 5.97. The number of hydrogen-bond acceptors (Lipinski definition) is 3. The van der Waals surface area contributed by atoms with E-state index in [0.29, 0.717) is 11.5 Å². The summed E-state index contributed by atoms with van der Waals surface area (Å²) in [5, 5.41) is 4.08. The van der Waals surface area contributed by atoms with Crippen molar-refractivity contribution in [2.45, 2.75) is 64.3 Å². The van der Waals surface area contributed by atoms with Gasteiger partial charge in [-0.2, -0.15) is 0 Å². The minimum Gasteiger partial charge on any atom is -0.452 e. The number of aromatic amines is 1. The van der Waals surface area contributed by atoms with Crippen LogP contribution >= 0.6 is 0 Å². The van der Waals surface area contributed by atoms with E-state index in [1.165, 1.54) is 24.1 Å². The fourth-order valence-corrected chi connectivity index (χ4v) is 4.45. The number of esters is 1. The van der Waals surface area contributed by atoms with Gasteiger partial charge in [0.25, 0.3) is 5.91 Å². The summed E-state index contributed by atoms with van der Waals surface area (Å²) in [6, 6.07) is 5.85. The fraction of sp³-hybridized carbons (Fsp3) is 0.545. The van der Waals surface area contributed by atoms with Gasteiger partial charge in [-0.15, -0.1) is 0 Å². The molecular weight excluding hydrogens is 340 g/mol. The number of nitrogens with one attached hydrogen (secondary N) is 2. The maximum absolute atomic E-state index is 12.4. The van der Waals surface area contributed by atoms with Crippen LogP contribution in [0.25, 0.3) is 10.9 Å². The molecule has 0 radical (unpaired) electrons. The first-order valence-corrected chi connectivity index (χ1v) is 10.2.